The van der Waals surface area contributed by atoms with E-state index in [-0.39, 0.29) is 12.3 Å². The van der Waals surface area contributed by atoms with Crippen LogP contribution in [0.4, 0.5) is 19.4 Å². The van der Waals surface area contributed by atoms with Gasteiger partial charge in [-0.15, -0.1) is 0 Å². The van der Waals surface area contributed by atoms with Gasteiger partial charge < -0.3 is 14.6 Å². The predicted octanol–water partition coefficient (Wildman–Crippen LogP) is 2.91. The molecule has 0 spiro atoms. The Balaban J connectivity index is 1.86. The summed E-state index contributed by atoms with van der Waals surface area (Å²) in [6.07, 6.45) is 0. The fourth-order valence-corrected chi connectivity index (χ4v) is 1.60. The summed E-state index contributed by atoms with van der Waals surface area (Å²) in [5.74, 6) is 0.902. The molecule has 0 saturated heterocycles. The number of carbonyl (C=O) groups excluding carboxylic acids is 1. The van der Waals surface area contributed by atoms with Gasteiger partial charge in [0.1, 0.15) is 11.5 Å². The second kappa shape index (κ2) is 6.69. The van der Waals surface area contributed by atoms with Crippen molar-refractivity contribution in [1.82, 2.24) is 10.5 Å². The molecule has 1 heterocycles. The van der Waals surface area contributed by atoms with Gasteiger partial charge in [0.2, 0.25) is 0 Å². The number of hydrogen-bond donors (Lipinski definition) is 2. The fourth-order valence-electron chi connectivity index (χ4n) is 1.60. The van der Waals surface area contributed by atoms with Gasteiger partial charge in [-0.25, -0.2) is 4.79 Å². The minimum atomic E-state index is -2.88. The second-order valence-electron chi connectivity index (χ2n) is 4.16. The van der Waals surface area contributed by atoms with Gasteiger partial charge in [0.15, 0.2) is 5.82 Å². The lowest BCUT2D eigenvalue weighted by Crippen LogP contribution is -2.28. The van der Waals surface area contributed by atoms with Crippen molar-refractivity contribution in [2.24, 2.45) is 0 Å². The van der Waals surface area contributed by atoms with E-state index in [0.717, 1.165) is 0 Å². The number of aryl methyl sites for hydroxylation is 1. The number of alkyl halides is 2. The average Bonchev–Trinajstić information content (AvgIpc) is 2.81. The molecule has 0 radical (unpaired) electrons. The molecule has 0 unspecified atom stereocenters. The average molecular weight is 297 g/mol. The number of urea groups is 1. The van der Waals surface area contributed by atoms with Gasteiger partial charge in [-0.3, -0.25) is 5.32 Å². The molecule has 0 aliphatic carbocycles. The molecule has 0 fully saturated rings. The van der Waals surface area contributed by atoms with E-state index >= 15 is 0 Å². The Morgan fingerprint density at radius 3 is 2.90 bits per heavy atom. The minimum Gasteiger partial charge on any atom is -0.435 e. The summed E-state index contributed by atoms with van der Waals surface area (Å²) >= 11 is 0. The molecule has 0 bridgehead atoms. The number of carbonyl (C=O) groups is 1. The van der Waals surface area contributed by atoms with E-state index < -0.39 is 12.6 Å². The highest BCUT2D eigenvalue weighted by Crippen LogP contribution is 2.15. The van der Waals surface area contributed by atoms with Crippen LogP contribution >= 0.6 is 0 Å². The highest BCUT2D eigenvalue weighted by Gasteiger charge is 2.07. The third-order valence-electron chi connectivity index (χ3n) is 2.45. The molecule has 0 saturated carbocycles. The molecule has 2 amide bonds. The second-order valence-corrected chi connectivity index (χ2v) is 4.16. The number of nitrogens with one attached hydrogen (secondary N) is 2. The molecular formula is C13H13F2N3O3. The maximum atomic E-state index is 12.1. The number of anilines is 1. The number of ether oxygens (including phenoxy) is 1. The number of halogens is 2. The van der Waals surface area contributed by atoms with Crippen LogP contribution in [0.2, 0.25) is 0 Å². The zero-order chi connectivity index (χ0) is 15.2. The topological polar surface area (TPSA) is 76.4 Å². The first-order chi connectivity index (χ1) is 10.0. The summed E-state index contributed by atoms with van der Waals surface area (Å²) in [5.41, 5.74) is 0.625. The summed E-state index contributed by atoms with van der Waals surface area (Å²) in [6, 6.07) is 7.16. The Morgan fingerprint density at radius 2 is 2.24 bits per heavy atom. The summed E-state index contributed by atoms with van der Waals surface area (Å²) < 4.78 is 33.3. The number of amides is 2. The van der Waals surface area contributed by atoms with Crippen molar-refractivity contribution < 1.29 is 22.8 Å². The predicted molar refractivity (Wildman–Crippen MR) is 70.2 cm³/mol. The van der Waals surface area contributed by atoms with Crippen molar-refractivity contribution in [2.75, 3.05) is 5.32 Å². The van der Waals surface area contributed by atoms with Gasteiger partial charge in [-0.2, -0.15) is 8.78 Å². The number of rotatable bonds is 5. The minimum absolute atomic E-state index is 0.0387. The molecule has 1 aromatic carbocycles. The maximum absolute atomic E-state index is 12.1. The van der Waals surface area contributed by atoms with Crippen LogP contribution in [0.15, 0.2) is 34.9 Å². The lowest BCUT2D eigenvalue weighted by molar-refractivity contribution is -0.0498. The Kier molecular flexibility index (Phi) is 4.70. The Labute approximate surface area is 119 Å². The van der Waals surface area contributed by atoms with Gasteiger partial charge in [0, 0.05) is 12.6 Å². The molecule has 0 aliphatic heterocycles. The summed E-state index contributed by atoms with van der Waals surface area (Å²) in [4.78, 5) is 11.6. The lowest BCUT2D eigenvalue weighted by atomic mass is 10.2. The van der Waals surface area contributed by atoms with Gasteiger partial charge in [-0.05, 0) is 24.6 Å². The molecular weight excluding hydrogens is 284 g/mol. The number of nitrogens with zero attached hydrogens (tertiary/aromatic N) is 1. The fraction of sp³-hybridized carbons (Fsp3) is 0.231. The normalized spacial score (nSPS) is 10.5. The van der Waals surface area contributed by atoms with Crippen LogP contribution in [0.25, 0.3) is 0 Å². The van der Waals surface area contributed by atoms with E-state index in [4.69, 9.17) is 4.52 Å². The maximum Gasteiger partial charge on any atom is 0.387 e. The van der Waals surface area contributed by atoms with Crippen molar-refractivity contribution in [3.05, 3.63) is 41.7 Å². The van der Waals surface area contributed by atoms with E-state index in [9.17, 15) is 13.6 Å². The standard InChI is InChI=1S/C13H13F2N3O3/c1-8-5-11(18-21-8)17-13(19)16-7-9-3-2-4-10(6-9)20-12(14)15/h2-6,12H,7H2,1H3,(H2,16,17,18,19). The quantitative estimate of drug-likeness (QED) is 0.889. The van der Waals surface area contributed by atoms with E-state index in [0.29, 0.717) is 17.1 Å². The van der Waals surface area contributed by atoms with Crippen LogP contribution in [0, 0.1) is 6.92 Å². The van der Waals surface area contributed by atoms with Crippen LogP contribution in [-0.4, -0.2) is 17.8 Å². The Bertz CT molecular complexity index is 616. The van der Waals surface area contributed by atoms with Crippen LogP contribution in [0.3, 0.4) is 0 Å². The summed E-state index contributed by atoms with van der Waals surface area (Å²) in [6.45, 7) is -1.03. The van der Waals surface area contributed by atoms with Gasteiger partial charge >= 0.3 is 12.6 Å². The van der Waals surface area contributed by atoms with Crippen LogP contribution < -0.4 is 15.4 Å². The molecule has 1 aromatic heterocycles. The van der Waals surface area contributed by atoms with Gasteiger partial charge in [0.05, 0.1) is 0 Å². The highest BCUT2D eigenvalue weighted by molar-refractivity contribution is 5.88. The molecule has 0 aliphatic rings. The highest BCUT2D eigenvalue weighted by atomic mass is 19.3. The van der Waals surface area contributed by atoms with E-state index in [1.807, 2.05) is 0 Å². The first kappa shape index (κ1) is 14.8. The molecule has 2 aromatic rings. The SMILES string of the molecule is Cc1cc(NC(=O)NCc2cccc(OC(F)F)c2)no1. The van der Waals surface area contributed by atoms with Crippen molar-refractivity contribution in [3.8, 4) is 5.75 Å². The Hall–Kier alpha value is -2.64. The molecule has 2 N–H and O–H groups in total. The van der Waals surface area contributed by atoms with Crippen LogP contribution in [0.1, 0.15) is 11.3 Å². The van der Waals surface area contributed by atoms with E-state index in [2.05, 4.69) is 20.5 Å². The molecule has 6 nitrogen and oxygen atoms in total. The largest absolute Gasteiger partial charge is 0.435 e. The van der Waals surface area contributed by atoms with Gasteiger partial charge in [-0.1, -0.05) is 17.3 Å². The zero-order valence-corrected chi connectivity index (χ0v) is 11.1. The lowest BCUT2D eigenvalue weighted by Gasteiger charge is -2.08. The van der Waals surface area contributed by atoms with Crippen LogP contribution in [-0.2, 0) is 6.54 Å². The summed E-state index contributed by atoms with van der Waals surface area (Å²) in [7, 11) is 0. The molecule has 8 heteroatoms. The molecule has 2 rings (SSSR count). The number of benzene rings is 1. The van der Waals surface area contributed by atoms with Crippen molar-refractivity contribution in [3.63, 3.8) is 0 Å². The van der Waals surface area contributed by atoms with Crippen molar-refractivity contribution >= 4 is 11.8 Å². The number of aromatic nitrogens is 1. The molecule has 21 heavy (non-hydrogen) atoms. The van der Waals surface area contributed by atoms with Crippen molar-refractivity contribution in [1.29, 1.82) is 0 Å². The molecule has 112 valence electrons. The summed E-state index contributed by atoms with van der Waals surface area (Å²) in [5, 5.41) is 8.64. The Morgan fingerprint density at radius 1 is 1.43 bits per heavy atom. The molecule has 0 atom stereocenters. The third kappa shape index (κ3) is 4.75. The van der Waals surface area contributed by atoms with E-state index in [1.165, 1.54) is 12.1 Å². The smallest absolute Gasteiger partial charge is 0.387 e. The first-order valence-corrected chi connectivity index (χ1v) is 6.05. The number of hydrogen-bond acceptors (Lipinski definition) is 4. The third-order valence-corrected chi connectivity index (χ3v) is 2.45. The van der Waals surface area contributed by atoms with E-state index in [1.54, 1.807) is 25.1 Å². The van der Waals surface area contributed by atoms with Gasteiger partial charge in [0.25, 0.3) is 0 Å². The first-order valence-electron chi connectivity index (χ1n) is 6.05. The van der Waals surface area contributed by atoms with Crippen LogP contribution in [0.5, 0.6) is 5.75 Å². The van der Waals surface area contributed by atoms with Crippen molar-refractivity contribution in [2.45, 2.75) is 20.1 Å². The zero-order valence-electron chi connectivity index (χ0n) is 11.1. The monoisotopic (exact) mass is 297 g/mol.